The molecule has 3 rings (SSSR count). The largest absolute Gasteiger partial charge is 0.368 e. The zero-order chi connectivity index (χ0) is 13.2. The Bertz CT molecular complexity index is 740. The second kappa shape index (κ2) is 4.56. The molecule has 0 spiro atoms. The van der Waals surface area contributed by atoms with Gasteiger partial charge in [-0.15, -0.1) is 0 Å². The fourth-order valence-corrected chi connectivity index (χ4v) is 1.83. The second-order valence-electron chi connectivity index (χ2n) is 4.05. The Labute approximate surface area is 109 Å². The van der Waals surface area contributed by atoms with E-state index in [9.17, 15) is 0 Å². The summed E-state index contributed by atoms with van der Waals surface area (Å²) in [5.74, 6) is 1.49. The predicted octanol–water partition coefficient (Wildman–Crippen LogP) is 1.63. The van der Waals surface area contributed by atoms with E-state index >= 15 is 0 Å². The first-order valence-corrected chi connectivity index (χ1v) is 5.98. The Morgan fingerprint density at radius 1 is 1.00 bits per heavy atom. The van der Waals surface area contributed by atoms with E-state index in [1.54, 1.807) is 12.4 Å². The maximum Gasteiger partial charge on any atom is 0.223 e. The van der Waals surface area contributed by atoms with E-state index < -0.39 is 0 Å². The molecule has 1 aromatic carbocycles. The Kier molecular flexibility index (Phi) is 2.75. The summed E-state index contributed by atoms with van der Waals surface area (Å²) in [4.78, 5) is 21.1. The average Bonchev–Trinajstić information content (AvgIpc) is 2.46. The van der Waals surface area contributed by atoms with Crippen LogP contribution in [0.25, 0.3) is 22.4 Å². The molecule has 2 heterocycles. The zero-order valence-corrected chi connectivity index (χ0v) is 10.4. The highest BCUT2D eigenvalue weighted by atomic mass is 15.1. The van der Waals surface area contributed by atoms with Crippen LogP contribution in [-0.2, 0) is 6.42 Å². The van der Waals surface area contributed by atoms with E-state index in [0.717, 1.165) is 16.6 Å². The quantitative estimate of drug-likeness (QED) is 0.745. The van der Waals surface area contributed by atoms with Crippen LogP contribution in [-0.4, -0.2) is 24.9 Å². The molecule has 19 heavy (non-hydrogen) atoms. The Balaban J connectivity index is 2.15. The summed E-state index contributed by atoms with van der Waals surface area (Å²) in [6.07, 6.45) is 4.04. The van der Waals surface area contributed by atoms with E-state index in [4.69, 9.17) is 5.73 Å². The van der Waals surface area contributed by atoms with Gasteiger partial charge in [0.2, 0.25) is 5.95 Å². The summed E-state index contributed by atoms with van der Waals surface area (Å²) in [6.45, 7) is 1.98. The lowest BCUT2D eigenvalue weighted by molar-refractivity contribution is 0.913. The van der Waals surface area contributed by atoms with Gasteiger partial charge in [-0.2, -0.15) is 9.97 Å². The fourth-order valence-electron chi connectivity index (χ4n) is 1.83. The molecule has 0 saturated heterocycles. The molecule has 6 heteroatoms. The zero-order valence-electron chi connectivity index (χ0n) is 10.4. The number of fused-ring (bicyclic) bond motifs is 1. The minimum absolute atomic E-state index is 0.237. The molecule has 0 bridgehead atoms. The summed E-state index contributed by atoms with van der Waals surface area (Å²) in [6, 6.07) is 5.70. The van der Waals surface area contributed by atoms with Crippen LogP contribution in [0.5, 0.6) is 0 Å². The van der Waals surface area contributed by atoms with Gasteiger partial charge in [-0.25, -0.2) is 4.98 Å². The van der Waals surface area contributed by atoms with Gasteiger partial charge in [-0.05, 0) is 18.2 Å². The standard InChI is InChI=1S/C13H12N6/c1-2-11-17-12(19-13(14)18-11)8-3-4-9-10(7-8)16-6-5-15-9/h3-7H,2H2,1H3,(H2,14,17,18,19). The molecule has 0 aliphatic heterocycles. The molecule has 0 fully saturated rings. The smallest absolute Gasteiger partial charge is 0.223 e. The van der Waals surface area contributed by atoms with Crippen molar-refractivity contribution < 1.29 is 0 Å². The summed E-state index contributed by atoms with van der Waals surface area (Å²) in [5.41, 5.74) is 8.19. The number of aryl methyl sites for hydroxylation is 1. The van der Waals surface area contributed by atoms with Crippen LogP contribution in [0.4, 0.5) is 5.95 Å². The summed E-state index contributed by atoms with van der Waals surface area (Å²) < 4.78 is 0. The summed E-state index contributed by atoms with van der Waals surface area (Å²) >= 11 is 0. The van der Waals surface area contributed by atoms with Gasteiger partial charge in [-0.3, -0.25) is 9.97 Å². The molecule has 0 aliphatic carbocycles. The minimum atomic E-state index is 0.237. The van der Waals surface area contributed by atoms with Crippen molar-refractivity contribution in [2.75, 3.05) is 5.73 Å². The van der Waals surface area contributed by atoms with Crippen molar-refractivity contribution in [2.45, 2.75) is 13.3 Å². The first-order chi connectivity index (χ1) is 9.26. The number of hydrogen-bond donors (Lipinski definition) is 1. The van der Waals surface area contributed by atoms with Crippen molar-refractivity contribution in [1.82, 2.24) is 24.9 Å². The van der Waals surface area contributed by atoms with Crippen LogP contribution < -0.4 is 5.73 Å². The monoisotopic (exact) mass is 252 g/mol. The molecule has 0 amide bonds. The van der Waals surface area contributed by atoms with Crippen LogP contribution in [0.2, 0.25) is 0 Å². The van der Waals surface area contributed by atoms with Gasteiger partial charge >= 0.3 is 0 Å². The SMILES string of the molecule is CCc1nc(N)nc(-c2ccc3nccnc3c2)n1. The number of anilines is 1. The third-order valence-corrected chi connectivity index (χ3v) is 2.74. The number of nitrogens with zero attached hydrogens (tertiary/aromatic N) is 5. The highest BCUT2D eigenvalue weighted by Gasteiger charge is 2.07. The normalized spacial score (nSPS) is 10.8. The highest BCUT2D eigenvalue weighted by Crippen LogP contribution is 2.19. The van der Waals surface area contributed by atoms with Crippen molar-refractivity contribution in [3.63, 3.8) is 0 Å². The predicted molar refractivity (Wildman–Crippen MR) is 72.1 cm³/mol. The lowest BCUT2D eigenvalue weighted by Gasteiger charge is -2.04. The van der Waals surface area contributed by atoms with Gasteiger partial charge in [0.25, 0.3) is 0 Å². The van der Waals surface area contributed by atoms with E-state index in [0.29, 0.717) is 18.1 Å². The van der Waals surface area contributed by atoms with E-state index in [1.165, 1.54) is 0 Å². The van der Waals surface area contributed by atoms with E-state index in [1.807, 2.05) is 25.1 Å². The van der Waals surface area contributed by atoms with Crippen LogP contribution in [0.3, 0.4) is 0 Å². The Morgan fingerprint density at radius 3 is 2.58 bits per heavy atom. The van der Waals surface area contributed by atoms with Gasteiger partial charge in [0.05, 0.1) is 11.0 Å². The molecular formula is C13H12N6. The maximum absolute atomic E-state index is 5.69. The Morgan fingerprint density at radius 2 is 1.79 bits per heavy atom. The van der Waals surface area contributed by atoms with Gasteiger partial charge in [0, 0.05) is 24.4 Å². The molecule has 0 aliphatic rings. The van der Waals surface area contributed by atoms with Crippen LogP contribution >= 0.6 is 0 Å². The number of benzene rings is 1. The maximum atomic E-state index is 5.69. The van der Waals surface area contributed by atoms with Crippen LogP contribution in [0.15, 0.2) is 30.6 Å². The molecule has 0 radical (unpaired) electrons. The van der Waals surface area contributed by atoms with Crippen LogP contribution in [0, 0.1) is 0 Å². The fraction of sp³-hybridized carbons (Fsp3) is 0.154. The minimum Gasteiger partial charge on any atom is -0.368 e. The number of hydrogen-bond acceptors (Lipinski definition) is 6. The van der Waals surface area contributed by atoms with Crippen molar-refractivity contribution in [1.29, 1.82) is 0 Å². The third kappa shape index (κ3) is 2.20. The van der Waals surface area contributed by atoms with E-state index in [2.05, 4.69) is 24.9 Å². The Hall–Kier alpha value is -2.63. The average molecular weight is 252 g/mol. The lowest BCUT2D eigenvalue weighted by Crippen LogP contribution is -2.04. The topological polar surface area (TPSA) is 90.5 Å². The summed E-state index contributed by atoms with van der Waals surface area (Å²) in [7, 11) is 0. The van der Waals surface area contributed by atoms with Gasteiger partial charge in [0.1, 0.15) is 5.82 Å². The van der Waals surface area contributed by atoms with Crippen molar-refractivity contribution in [3.8, 4) is 11.4 Å². The van der Waals surface area contributed by atoms with Gasteiger partial charge in [-0.1, -0.05) is 6.92 Å². The van der Waals surface area contributed by atoms with Gasteiger partial charge in [0.15, 0.2) is 5.82 Å². The molecular weight excluding hydrogens is 240 g/mol. The number of nitrogen functional groups attached to an aromatic ring is 1. The molecule has 0 saturated carbocycles. The number of rotatable bonds is 2. The molecule has 94 valence electrons. The lowest BCUT2D eigenvalue weighted by atomic mass is 10.2. The third-order valence-electron chi connectivity index (χ3n) is 2.74. The molecule has 0 atom stereocenters. The first kappa shape index (κ1) is 11.5. The second-order valence-corrected chi connectivity index (χ2v) is 4.05. The van der Waals surface area contributed by atoms with Crippen LogP contribution in [0.1, 0.15) is 12.7 Å². The van der Waals surface area contributed by atoms with Crippen molar-refractivity contribution >= 4 is 17.0 Å². The van der Waals surface area contributed by atoms with E-state index in [-0.39, 0.29) is 5.95 Å². The highest BCUT2D eigenvalue weighted by molar-refractivity contribution is 5.79. The summed E-state index contributed by atoms with van der Waals surface area (Å²) in [5, 5.41) is 0. The van der Waals surface area contributed by atoms with Gasteiger partial charge < -0.3 is 5.73 Å². The number of nitrogens with two attached hydrogens (primary N) is 1. The van der Waals surface area contributed by atoms with Crippen molar-refractivity contribution in [2.24, 2.45) is 0 Å². The molecule has 6 nitrogen and oxygen atoms in total. The molecule has 2 N–H and O–H groups in total. The van der Waals surface area contributed by atoms with Crippen molar-refractivity contribution in [3.05, 3.63) is 36.4 Å². The molecule has 3 aromatic rings. The first-order valence-electron chi connectivity index (χ1n) is 5.98. The molecule has 2 aromatic heterocycles. The molecule has 0 unspecified atom stereocenters. The number of aromatic nitrogens is 5.